The Morgan fingerprint density at radius 1 is 1.29 bits per heavy atom. The molecule has 2 heterocycles. The third-order valence-corrected chi connectivity index (χ3v) is 4.41. The lowest BCUT2D eigenvalue weighted by atomic mass is 9.97. The molecule has 1 aliphatic heterocycles. The molecule has 0 aliphatic carbocycles. The minimum Gasteiger partial charge on any atom is -0.355 e. The number of piperidine rings is 1. The van der Waals surface area contributed by atoms with Crippen LogP contribution in [-0.4, -0.2) is 35.5 Å². The molecule has 5 nitrogen and oxygen atoms in total. The van der Waals surface area contributed by atoms with Crippen LogP contribution >= 0.6 is 0 Å². The Kier molecular flexibility index (Phi) is 5.41. The van der Waals surface area contributed by atoms with Crippen molar-refractivity contribution in [2.45, 2.75) is 26.2 Å². The summed E-state index contributed by atoms with van der Waals surface area (Å²) < 4.78 is 0. The van der Waals surface area contributed by atoms with E-state index < -0.39 is 0 Å². The Bertz CT molecular complexity index is 674. The molecule has 5 heteroatoms. The second-order valence-electron chi connectivity index (χ2n) is 6.31. The van der Waals surface area contributed by atoms with E-state index in [2.05, 4.69) is 32.3 Å². The first-order chi connectivity index (χ1) is 11.7. The molecule has 0 spiro atoms. The molecule has 3 rings (SSSR count). The molecule has 1 aromatic heterocycles. The van der Waals surface area contributed by atoms with Gasteiger partial charge in [-0.15, -0.1) is 0 Å². The molecule has 126 valence electrons. The normalized spacial score (nSPS) is 17.5. The number of anilines is 1. The van der Waals surface area contributed by atoms with Crippen molar-refractivity contribution >= 4 is 11.9 Å². The highest BCUT2D eigenvalue weighted by Gasteiger charge is 2.26. The third kappa shape index (κ3) is 4.31. The zero-order valence-corrected chi connectivity index (χ0v) is 14.1. The number of aryl methyl sites for hydroxylation is 1. The number of nitrogens with zero attached hydrogens (tertiary/aromatic N) is 3. The molecule has 0 radical (unpaired) electrons. The van der Waals surface area contributed by atoms with Crippen molar-refractivity contribution in [1.82, 2.24) is 15.3 Å². The van der Waals surface area contributed by atoms with Crippen molar-refractivity contribution in [3.05, 3.63) is 53.9 Å². The van der Waals surface area contributed by atoms with Crippen molar-refractivity contribution in [2.24, 2.45) is 5.92 Å². The Morgan fingerprint density at radius 3 is 2.92 bits per heavy atom. The van der Waals surface area contributed by atoms with Crippen molar-refractivity contribution in [3.63, 3.8) is 0 Å². The van der Waals surface area contributed by atoms with Gasteiger partial charge in [-0.3, -0.25) is 4.79 Å². The summed E-state index contributed by atoms with van der Waals surface area (Å²) in [6.07, 6.45) is 4.57. The first kappa shape index (κ1) is 16.4. The maximum Gasteiger partial charge on any atom is 0.225 e. The SMILES string of the molecule is Cc1ccnc(N2CCCC(C(=O)NCCc3ccccc3)C2)n1. The summed E-state index contributed by atoms with van der Waals surface area (Å²) in [5.41, 5.74) is 2.20. The minimum atomic E-state index is 0.0126. The van der Waals surface area contributed by atoms with Crippen LogP contribution in [0.5, 0.6) is 0 Å². The minimum absolute atomic E-state index is 0.0126. The van der Waals surface area contributed by atoms with Crippen LogP contribution in [-0.2, 0) is 11.2 Å². The fourth-order valence-electron chi connectivity index (χ4n) is 3.08. The zero-order chi connectivity index (χ0) is 16.8. The van der Waals surface area contributed by atoms with E-state index in [4.69, 9.17) is 0 Å². The van der Waals surface area contributed by atoms with E-state index in [9.17, 15) is 4.79 Å². The maximum atomic E-state index is 12.5. The number of hydrogen-bond acceptors (Lipinski definition) is 4. The number of aromatic nitrogens is 2. The molecule has 0 bridgehead atoms. The fourth-order valence-corrected chi connectivity index (χ4v) is 3.08. The molecule has 1 aromatic carbocycles. The number of hydrogen-bond donors (Lipinski definition) is 1. The Labute approximate surface area is 143 Å². The van der Waals surface area contributed by atoms with E-state index in [1.165, 1.54) is 5.56 Å². The highest BCUT2D eigenvalue weighted by molar-refractivity contribution is 5.79. The van der Waals surface area contributed by atoms with Crippen LogP contribution in [0.2, 0.25) is 0 Å². The average Bonchev–Trinajstić information content (AvgIpc) is 2.63. The second kappa shape index (κ2) is 7.90. The van der Waals surface area contributed by atoms with Crippen LogP contribution < -0.4 is 10.2 Å². The smallest absolute Gasteiger partial charge is 0.225 e. The molecule has 0 saturated carbocycles. The van der Waals surface area contributed by atoms with Gasteiger partial charge < -0.3 is 10.2 Å². The fraction of sp³-hybridized carbons (Fsp3) is 0.421. The summed E-state index contributed by atoms with van der Waals surface area (Å²) in [5, 5.41) is 3.08. The largest absolute Gasteiger partial charge is 0.355 e. The van der Waals surface area contributed by atoms with E-state index >= 15 is 0 Å². The van der Waals surface area contributed by atoms with Gasteiger partial charge >= 0.3 is 0 Å². The van der Waals surface area contributed by atoms with Gasteiger partial charge in [-0.25, -0.2) is 9.97 Å². The molecule has 1 saturated heterocycles. The van der Waals surface area contributed by atoms with Crippen LogP contribution in [0, 0.1) is 12.8 Å². The number of benzene rings is 1. The van der Waals surface area contributed by atoms with Crippen LogP contribution in [0.3, 0.4) is 0 Å². The van der Waals surface area contributed by atoms with E-state index in [1.54, 1.807) is 6.20 Å². The molecule has 1 N–H and O–H groups in total. The lowest BCUT2D eigenvalue weighted by Gasteiger charge is -2.32. The number of nitrogens with one attached hydrogen (secondary N) is 1. The van der Waals surface area contributed by atoms with Gasteiger partial charge in [0.1, 0.15) is 0 Å². The second-order valence-corrected chi connectivity index (χ2v) is 6.31. The van der Waals surface area contributed by atoms with Gasteiger partial charge in [-0.1, -0.05) is 30.3 Å². The standard InChI is InChI=1S/C19H24N4O/c1-15-9-11-21-19(22-15)23-13-5-8-17(14-23)18(24)20-12-10-16-6-3-2-4-7-16/h2-4,6-7,9,11,17H,5,8,10,12-14H2,1H3,(H,20,24). The monoisotopic (exact) mass is 324 g/mol. The van der Waals surface area contributed by atoms with E-state index in [1.807, 2.05) is 31.2 Å². The summed E-state index contributed by atoms with van der Waals surface area (Å²) in [4.78, 5) is 23.4. The van der Waals surface area contributed by atoms with Gasteiger partial charge in [-0.2, -0.15) is 0 Å². The van der Waals surface area contributed by atoms with E-state index in [0.717, 1.165) is 37.4 Å². The highest BCUT2D eigenvalue weighted by atomic mass is 16.1. The number of rotatable bonds is 5. The topological polar surface area (TPSA) is 58.1 Å². The van der Waals surface area contributed by atoms with Crippen LogP contribution in [0.1, 0.15) is 24.1 Å². The summed E-state index contributed by atoms with van der Waals surface area (Å²) in [7, 11) is 0. The van der Waals surface area contributed by atoms with Gasteiger partial charge in [0, 0.05) is 31.5 Å². The average molecular weight is 324 g/mol. The lowest BCUT2D eigenvalue weighted by Crippen LogP contribution is -2.44. The first-order valence-corrected chi connectivity index (χ1v) is 8.58. The summed E-state index contributed by atoms with van der Waals surface area (Å²) in [5.74, 6) is 0.888. The van der Waals surface area contributed by atoms with E-state index in [-0.39, 0.29) is 11.8 Å². The van der Waals surface area contributed by atoms with Crippen molar-refractivity contribution in [2.75, 3.05) is 24.5 Å². The van der Waals surface area contributed by atoms with Crippen LogP contribution in [0.25, 0.3) is 0 Å². The number of carbonyl (C=O) groups excluding carboxylic acids is 1. The molecule has 1 fully saturated rings. The summed E-state index contributed by atoms with van der Waals surface area (Å²) >= 11 is 0. The van der Waals surface area contributed by atoms with Crippen LogP contribution in [0.15, 0.2) is 42.6 Å². The van der Waals surface area contributed by atoms with Gasteiger partial charge in [0.15, 0.2) is 0 Å². The third-order valence-electron chi connectivity index (χ3n) is 4.41. The van der Waals surface area contributed by atoms with Gasteiger partial charge in [0.2, 0.25) is 11.9 Å². The zero-order valence-electron chi connectivity index (χ0n) is 14.1. The quantitative estimate of drug-likeness (QED) is 0.917. The Morgan fingerprint density at radius 2 is 2.12 bits per heavy atom. The van der Waals surface area contributed by atoms with Gasteiger partial charge in [0.25, 0.3) is 0 Å². The molecular weight excluding hydrogens is 300 g/mol. The predicted octanol–water partition coefficient (Wildman–Crippen LogP) is 2.36. The molecular formula is C19H24N4O. The van der Waals surface area contributed by atoms with E-state index in [0.29, 0.717) is 13.1 Å². The molecule has 2 aromatic rings. The molecule has 24 heavy (non-hydrogen) atoms. The van der Waals surface area contributed by atoms with Crippen molar-refractivity contribution in [1.29, 1.82) is 0 Å². The van der Waals surface area contributed by atoms with Crippen molar-refractivity contribution < 1.29 is 4.79 Å². The maximum absolute atomic E-state index is 12.5. The highest BCUT2D eigenvalue weighted by Crippen LogP contribution is 2.20. The van der Waals surface area contributed by atoms with Crippen LogP contribution in [0.4, 0.5) is 5.95 Å². The van der Waals surface area contributed by atoms with Gasteiger partial charge in [0.05, 0.1) is 5.92 Å². The number of amides is 1. The Hall–Kier alpha value is -2.43. The molecule has 1 atom stereocenters. The predicted molar refractivity (Wildman–Crippen MR) is 94.9 cm³/mol. The first-order valence-electron chi connectivity index (χ1n) is 8.58. The summed E-state index contributed by atoms with van der Waals surface area (Å²) in [6, 6.07) is 12.1. The number of carbonyl (C=O) groups is 1. The van der Waals surface area contributed by atoms with Gasteiger partial charge in [-0.05, 0) is 37.8 Å². The summed E-state index contributed by atoms with van der Waals surface area (Å²) in [6.45, 7) is 4.25. The molecule has 1 aliphatic rings. The Balaban J connectivity index is 1.51. The molecule has 1 unspecified atom stereocenters. The lowest BCUT2D eigenvalue weighted by molar-refractivity contribution is -0.125. The van der Waals surface area contributed by atoms with Crippen molar-refractivity contribution in [3.8, 4) is 0 Å². The molecule has 1 amide bonds.